The van der Waals surface area contributed by atoms with E-state index in [1.807, 2.05) is 40.7 Å². The second-order valence-corrected chi connectivity index (χ2v) is 6.35. The summed E-state index contributed by atoms with van der Waals surface area (Å²) in [5.74, 6) is 0.565. The summed E-state index contributed by atoms with van der Waals surface area (Å²) < 4.78 is 6.77. The molecule has 1 aromatic heterocycles. The van der Waals surface area contributed by atoms with E-state index in [1.165, 1.54) is 7.11 Å². The van der Waals surface area contributed by atoms with Crippen molar-refractivity contribution in [2.45, 2.75) is 32.4 Å². The van der Waals surface area contributed by atoms with Gasteiger partial charge in [-0.3, -0.25) is 9.59 Å². The number of rotatable bonds is 6. The highest BCUT2D eigenvalue weighted by Gasteiger charge is 2.23. The highest BCUT2D eigenvalue weighted by atomic mass is 16.5. The van der Waals surface area contributed by atoms with Gasteiger partial charge in [-0.15, -0.1) is 0 Å². The summed E-state index contributed by atoms with van der Waals surface area (Å²) in [6, 6.07) is 7.40. The fourth-order valence-electron chi connectivity index (χ4n) is 3.27. The third-order valence-corrected chi connectivity index (χ3v) is 4.48. The van der Waals surface area contributed by atoms with E-state index < -0.39 is 0 Å². The summed E-state index contributed by atoms with van der Waals surface area (Å²) in [4.78, 5) is 31.0. The predicted molar refractivity (Wildman–Crippen MR) is 94.0 cm³/mol. The van der Waals surface area contributed by atoms with Gasteiger partial charge in [-0.1, -0.05) is 12.1 Å². The van der Waals surface area contributed by atoms with Crippen LogP contribution in [0.2, 0.25) is 0 Å². The average molecular weight is 344 g/mol. The molecule has 0 aliphatic carbocycles. The van der Waals surface area contributed by atoms with Gasteiger partial charge in [-0.25, -0.2) is 4.98 Å². The first kappa shape index (κ1) is 17.4. The Morgan fingerprint density at radius 3 is 2.72 bits per heavy atom. The number of ether oxygens (including phenoxy) is 1. The molecule has 1 N–H and O–H groups in total. The molecule has 1 saturated heterocycles. The molecule has 3 rings (SSSR count). The molecule has 0 bridgehead atoms. The molecule has 1 aromatic carbocycles. The van der Waals surface area contributed by atoms with E-state index in [0.29, 0.717) is 5.82 Å². The highest BCUT2D eigenvalue weighted by molar-refractivity contribution is 5.82. The van der Waals surface area contributed by atoms with Crippen molar-refractivity contribution in [1.29, 1.82) is 0 Å². The van der Waals surface area contributed by atoms with Crippen molar-refractivity contribution >= 4 is 22.8 Å². The molecule has 7 nitrogen and oxygen atoms in total. The number of amides is 2. The van der Waals surface area contributed by atoms with Gasteiger partial charge in [0.2, 0.25) is 11.8 Å². The summed E-state index contributed by atoms with van der Waals surface area (Å²) in [5.41, 5.74) is 1.72. The molecule has 1 aliphatic heterocycles. The van der Waals surface area contributed by atoms with Crippen LogP contribution in [0.15, 0.2) is 24.3 Å². The quantitative estimate of drug-likeness (QED) is 0.861. The van der Waals surface area contributed by atoms with Crippen molar-refractivity contribution in [2.24, 2.45) is 0 Å². The van der Waals surface area contributed by atoms with Gasteiger partial charge in [-0.2, -0.15) is 0 Å². The fraction of sp³-hybridized carbons (Fsp3) is 0.500. The summed E-state index contributed by atoms with van der Waals surface area (Å²) in [5, 5.41) is 2.87. The van der Waals surface area contributed by atoms with Crippen LogP contribution in [0.4, 0.5) is 0 Å². The number of fused-ring (bicyclic) bond motifs is 1. The van der Waals surface area contributed by atoms with Crippen LogP contribution in [-0.4, -0.2) is 53.1 Å². The topological polar surface area (TPSA) is 76.5 Å². The van der Waals surface area contributed by atoms with Gasteiger partial charge in [0.1, 0.15) is 19.0 Å². The van der Waals surface area contributed by atoms with E-state index in [2.05, 4.69) is 10.3 Å². The number of hydrogen-bond donors (Lipinski definition) is 1. The van der Waals surface area contributed by atoms with E-state index in [1.54, 1.807) is 0 Å². The van der Waals surface area contributed by atoms with Crippen molar-refractivity contribution < 1.29 is 14.3 Å². The molecule has 1 atom stereocenters. The first-order valence-corrected chi connectivity index (χ1v) is 8.61. The van der Waals surface area contributed by atoms with E-state index in [0.717, 1.165) is 37.0 Å². The zero-order valence-corrected chi connectivity index (χ0v) is 14.7. The Kier molecular flexibility index (Phi) is 5.33. The maximum absolute atomic E-state index is 12.6. The number of benzene rings is 1. The molecular formula is C18H24N4O3. The van der Waals surface area contributed by atoms with E-state index >= 15 is 0 Å². The van der Waals surface area contributed by atoms with Gasteiger partial charge in [-0.05, 0) is 31.9 Å². The number of nitrogens with zero attached hydrogens (tertiary/aromatic N) is 3. The Morgan fingerprint density at radius 1 is 1.28 bits per heavy atom. The van der Waals surface area contributed by atoms with Crippen molar-refractivity contribution in [1.82, 2.24) is 19.8 Å². The maximum Gasteiger partial charge on any atom is 0.246 e. The Hall–Kier alpha value is -2.41. The van der Waals surface area contributed by atoms with Gasteiger partial charge in [0, 0.05) is 20.2 Å². The van der Waals surface area contributed by atoms with E-state index in [-0.39, 0.29) is 31.0 Å². The zero-order chi connectivity index (χ0) is 17.8. The minimum atomic E-state index is -0.318. The van der Waals surface area contributed by atoms with Gasteiger partial charge < -0.3 is 19.5 Å². The maximum atomic E-state index is 12.6. The zero-order valence-electron chi connectivity index (χ0n) is 14.7. The summed E-state index contributed by atoms with van der Waals surface area (Å²) in [6.07, 6.45) is 2.12. The van der Waals surface area contributed by atoms with Crippen LogP contribution in [-0.2, 0) is 20.9 Å². The fourth-order valence-corrected chi connectivity index (χ4v) is 3.27. The number of likely N-dealkylation sites (tertiary alicyclic amines) is 1. The monoisotopic (exact) mass is 344 g/mol. The van der Waals surface area contributed by atoms with Crippen LogP contribution in [0, 0.1) is 0 Å². The molecule has 134 valence electrons. The second kappa shape index (κ2) is 7.65. The number of carbonyl (C=O) groups is 2. The van der Waals surface area contributed by atoms with Crippen molar-refractivity contribution in [3.8, 4) is 0 Å². The lowest BCUT2D eigenvalue weighted by molar-refractivity contribution is -0.130. The minimum Gasteiger partial charge on any atom is -0.375 e. The normalized spacial score (nSPS) is 15.5. The third kappa shape index (κ3) is 3.82. The van der Waals surface area contributed by atoms with Crippen molar-refractivity contribution in [3.05, 3.63) is 30.1 Å². The largest absolute Gasteiger partial charge is 0.375 e. The van der Waals surface area contributed by atoms with Crippen LogP contribution in [0.1, 0.15) is 31.6 Å². The number of methoxy groups -OCH3 is 1. The first-order valence-electron chi connectivity index (χ1n) is 8.61. The van der Waals surface area contributed by atoms with Crippen LogP contribution < -0.4 is 5.32 Å². The number of carbonyl (C=O) groups excluding carboxylic acids is 2. The van der Waals surface area contributed by atoms with Gasteiger partial charge >= 0.3 is 0 Å². The number of para-hydroxylation sites is 2. The molecule has 25 heavy (non-hydrogen) atoms. The molecule has 1 unspecified atom stereocenters. The lowest BCUT2D eigenvalue weighted by Gasteiger charge is -2.19. The van der Waals surface area contributed by atoms with E-state index in [4.69, 9.17) is 4.74 Å². The molecule has 7 heteroatoms. The Labute approximate surface area is 147 Å². The standard InChI is InChI=1S/C18H24N4O3/c1-13(19-16(23)12-25-2)18-20-14-7-3-4-8-15(14)22(18)11-17(24)21-9-5-6-10-21/h3-4,7-8,13H,5-6,9-12H2,1-2H3,(H,19,23). The molecule has 0 spiro atoms. The third-order valence-electron chi connectivity index (χ3n) is 4.48. The first-order chi connectivity index (χ1) is 12.1. The number of imidazole rings is 1. The summed E-state index contributed by atoms with van der Waals surface area (Å²) >= 11 is 0. The number of hydrogen-bond acceptors (Lipinski definition) is 4. The van der Waals surface area contributed by atoms with E-state index in [9.17, 15) is 9.59 Å². The average Bonchev–Trinajstić information content (AvgIpc) is 3.23. The highest BCUT2D eigenvalue weighted by Crippen LogP contribution is 2.21. The van der Waals surface area contributed by atoms with Crippen LogP contribution in [0.5, 0.6) is 0 Å². The Morgan fingerprint density at radius 2 is 2.00 bits per heavy atom. The molecular weight excluding hydrogens is 320 g/mol. The summed E-state index contributed by atoms with van der Waals surface area (Å²) in [6.45, 7) is 3.74. The molecule has 2 aromatic rings. The number of aromatic nitrogens is 2. The lowest BCUT2D eigenvalue weighted by Crippen LogP contribution is -2.34. The van der Waals surface area contributed by atoms with Crippen LogP contribution >= 0.6 is 0 Å². The van der Waals surface area contributed by atoms with Crippen LogP contribution in [0.25, 0.3) is 11.0 Å². The lowest BCUT2D eigenvalue weighted by atomic mass is 10.3. The Bertz CT molecular complexity index is 765. The smallest absolute Gasteiger partial charge is 0.246 e. The van der Waals surface area contributed by atoms with Crippen molar-refractivity contribution in [3.63, 3.8) is 0 Å². The molecule has 2 heterocycles. The van der Waals surface area contributed by atoms with Gasteiger partial charge in [0.05, 0.1) is 17.1 Å². The molecule has 1 fully saturated rings. The van der Waals surface area contributed by atoms with Gasteiger partial charge in [0.15, 0.2) is 0 Å². The van der Waals surface area contributed by atoms with Crippen LogP contribution in [0.3, 0.4) is 0 Å². The summed E-state index contributed by atoms with van der Waals surface area (Å²) in [7, 11) is 1.48. The number of nitrogens with one attached hydrogen (secondary N) is 1. The van der Waals surface area contributed by atoms with Gasteiger partial charge in [0.25, 0.3) is 0 Å². The predicted octanol–water partition coefficient (Wildman–Crippen LogP) is 1.48. The Balaban J connectivity index is 1.88. The minimum absolute atomic E-state index is 0.00270. The SMILES string of the molecule is COCC(=O)NC(C)c1nc2ccccc2n1CC(=O)N1CCCC1. The molecule has 0 radical (unpaired) electrons. The molecule has 1 aliphatic rings. The molecule has 0 saturated carbocycles. The van der Waals surface area contributed by atoms with Crippen molar-refractivity contribution in [2.75, 3.05) is 26.8 Å². The molecule has 2 amide bonds. The second-order valence-electron chi connectivity index (χ2n) is 6.35.